The summed E-state index contributed by atoms with van der Waals surface area (Å²) in [4.78, 5) is 0.923. The van der Waals surface area contributed by atoms with Crippen molar-refractivity contribution in [2.45, 2.75) is 31.0 Å². The zero-order valence-electron chi connectivity index (χ0n) is 8.91. The zero-order valence-corrected chi connectivity index (χ0v) is 10.5. The number of aryl methyl sites for hydroxylation is 1. The third-order valence-electron chi connectivity index (χ3n) is 1.99. The summed E-state index contributed by atoms with van der Waals surface area (Å²) in [7, 11) is -3.32. The van der Waals surface area contributed by atoms with E-state index in [9.17, 15) is 8.42 Å². The molecule has 6 heteroatoms. The van der Waals surface area contributed by atoms with Crippen molar-refractivity contribution < 1.29 is 8.42 Å². The Kier molecular flexibility index (Phi) is 4.27. The molecule has 4 nitrogen and oxygen atoms in total. The van der Waals surface area contributed by atoms with Crippen molar-refractivity contribution in [1.82, 2.24) is 4.72 Å². The standard InChI is InChI=1S/C9H16N2O2S2/c1-3-4-11-15(12,13)9-5-7(2)8(6-10)14-9/h5,11H,3-4,6,10H2,1-2H3. The van der Waals surface area contributed by atoms with Gasteiger partial charge in [-0.2, -0.15) is 0 Å². The molecule has 0 aliphatic rings. The minimum Gasteiger partial charge on any atom is -0.326 e. The number of sulfonamides is 1. The molecule has 0 saturated heterocycles. The Morgan fingerprint density at radius 2 is 2.20 bits per heavy atom. The maximum atomic E-state index is 11.7. The lowest BCUT2D eigenvalue weighted by Crippen LogP contribution is -2.23. The lowest BCUT2D eigenvalue weighted by Gasteiger charge is -2.01. The van der Waals surface area contributed by atoms with Crippen LogP contribution in [0.2, 0.25) is 0 Å². The van der Waals surface area contributed by atoms with Gasteiger partial charge in [-0.1, -0.05) is 6.92 Å². The van der Waals surface area contributed by atoms with Gasteiger partial charge in [-0.25, -0.2) is 13.1 Å². The normalized spacial score (nSPS) is 11.9. The summed E-state index contributed by atoms with van der Waals surface area (Å²) >= 11 is 1.24. The van der Waals surface area contributed by atoms with E-state index in [0.717, 1.165) is 16.9 Å². The van der Waals surface area contributed by atoms with Crippen molar-refractivity contribution in [2.75, 3.05) is 6.54 Å². The van der Waals surface area contributed by atoms with Crippen LogP contribution in [-0.4, -0.2) is 15.0 Å². The minimum absolute atomic E-state index is 0.355. The third-order valence-corrected chi connectivity index (χ3v) is 5.18. The van der Waals surface area contributed by atoms with Gasteiger partial charge in [0.2, 0.25) is 10.0 Å². The molecule has 0 saturated carbocycles. The molecule has 0 fully saturated rings. The summed E-state index contributed by atoms with van der Waals surface area (Å²) in [5, 5.41) is 0. The van der Waals surface area contributed by atoms with Gasteiger partial charge in [0, 0.05) is 18.0 Å². The first-order valence-corrected chi connectivity index (χ1v) is 7.10. The van der Waals surface area contributed by atoms with E-state index < -0.39 is 10.0 Å². The van der Waals surface area contributed by atoms with Crippen LogP contribution in [0.5, 0.6) is 0 Å². The van der Waals surface area contributed by atoms with Gasteiger partial charge < -0.3 is 5.73 Å². The van der Waals surface area contributed by atoms with Crippen molar-refractivity contribution in [2.24, 2.45) is 5.73 Å². The molecule has 15 heavy (non-hydrogen) atoms. The Hall–Kier alpha value is -0.430. The number of nitrogens with two attached hydrogens (primary N) is 1. The van der Waals surface area contributed by atoms with Gasteiger partial charge in [-0.15, -0.1) is 11.3 Å². The Morgan fingerprint density at radius 1 is 1.53 bits per heavy atom. The molecule has 0 aromatic carbocycles. The highest BCUT2D eigenvalue weighted by Crippen LogP contribution is 2.25. The average Bonchev–Trinajstić information content (AvgIpc) is 2.57. The topological polar surface area (TPSA) is 72.2 Å². The molecule has 0 atom stereocenters. The molecule has 0 bridgehead atoms. The molecule has 1 heterocycles. The monoisotopic (exact) mass is 248 g/mol. The minimum atomic E-state index is -3.32. The van der Waals surface area contributed by atoms with Crippen molar-refractivity contribution in [3.8, 4) is 0 Å². The van der Waals surface area contributed by atoms with E-state index in [4.69, 9.17) is 5.73 Å². The smallest absolute Gasteiger partial charge is 0.250 e. The van der Waals surface area contributed by atoms with Crippen LogP contribution in [0.25, 0.3) is 0 Å². The highest BCUT2D eigenvalue weighted by Gasteiger charge is 2.17. The Bertz CT molecular complexity index is 423. The lowest BCUT2D eigenvalue weighted by atomic mass is 10.3. The Balaban J connectivity index is 2.95. The van der Waals surface area contributed by atoms with Gasteiger partial charge in [-0.05, 0) is 25.0 Å². The quantitative estimate of drug-likeness (QED) is 0.822. The summed E-state index contributed by atoms with van der Waals surface area (Å²) < 4.78 is 26.3. The largest absolute Gasteiger partial charge is 0.326 e. The predicted octanol–water partition coefficient (Wildman–Crippen LogP) is 1.20. The number of rotatable bonds is 5. The Morgan fingerprint density at radius 3 is 2.67 bits per heavy atom. The van der Waals surface area contributed by atoms with Crippen LogP contribution in [-0.2, 0) is 16.6 Å². The van der Waals surface area contributed by atoms with Crippen molar-refractivity contribution in [3.63, 3.8) is 0 Å². The fourth-order valence-corrected chi connectivity index (χ4v) is 3.78. The molecular formula is C9H16N2O2S2. The van der Waals surface area contributed by atoms with E-state index in [0.29, 0.717) is 17.3 Å². The van der Waals surface area contributed by atoms with Crippen molar-refractivity contribution >= 4 is 21.4 Å². The molecule has 0 radical (unpaired) electrons. The van der Waals surface area contributed by atoms with Crippen LogP contribution < -0.4 is 10.5 Å². The van der Waals surface area contributed by atoms with E-state index in [1.807, 2.05) is 13.8 Å². The second kappa shape index (κ2) is 5.07. The first-order chi connectivity index (χ1) is 7.01. The molecular weight excluding hydrogens is 232 g/mol. The van der Waals surface area contributed by atoms with Crippen LogP contribution in [0.15, 0.2) is 10.3 Å². The van der Waals surface area contributed by atoms with Crippen LogP contribution in [0.4, 0.5) is 0 Å². The van der Waals surface area contributed by atoms with E-state index in [-0.39, 0.29) is 0 Å². The van der Waals surface area contributed by atoms with Gasteiger partial charge >= 0.3 is 0 Å². The first-order valence-electron chi connectivity index (χ1n) is 4.80. The average molecular weight is 248 g/mol. The second-order valence-electron chi connectivity index (χ2n) is 3.27. The lowest BCUT2D eigenvalue weighted by molar-refractivity contribution is 0.583. The molecule has 3 N–H and O–H groups in total. The summed E-state index contributed by atoms with van der Waals surface area (Å²) in [6.07, 6.45) is 0.785. The molecule has 0 aliphatic heterocycles. The summed E-state index contributed by atoms with van der Waals surface area (Å²) in [6, 6.07) is 1.67. The van der Waals surface area contributed by atoms with Gasteiger partial charge in [0.1, 0.15) is 4.21 Å². The summed E-state index contributed by atoms with van der Waals surface area (Å²) in [5.74, 6) is 0. The van der Waals surface area contributed by atoms with Gasteiger partial charge in [-0.3, -0.25) is 0 Å². The van der Waals surface area contributed by atoms with E-state index >= 15 is 0 Å². The molecule has 0 aliphatic carbocycles. The van der Waals surface area contributed by atoms with E-state index in [1.165, 1.54) is 11.3 Å². The van der Waals surface area contributed by atoms with E-state index in [1.54, 1.807) is 6.07 Å². The van der Waals surface area contributed by atoms with Crippen molar-refractivity contribution in [1.29, 1.82) is 0 Å². The third kappa shape index (κ3) is 3.01. The second-order valence-corrected chi connectivity index (χ2v) is 6.40. The zero-order chi connectivity index (χ0) is 11.5. The van der Waals surface area contributed by atoms with Crippen LogP contribution in [0.3, 0.4) is 0 Å². The SMILES string of the molecule is CCCNS(=O)(=O)c1cc(C)c(CN)s1. The number of hydrogen-bond acceptors (Lipinski definition) is 4. The molecule has 1 aromatic heterocycles. The van der Waals surface area contributed by atoms with Gasteiger partial charge in [0.15, 0.2) is 0 Å². The number of hydrogen-bond donors (Lipinski definition) is 2. The maximum Gasteiger partial charge on any atom is 0.250 e. The van der Waals surface area contributed by atoms with Crippen LogP contribution in [0.1, 0.15) is 23.8 Å². The fraction of sp³-hybridized carbons (Fsp3) is 0.556. The van der Waals surface area contributed by atoms with Crippen LogP contribution in [0, 0.1) is 6.92 Å². The van der Waals surface area contributed by atoms with E-state index in [2.05, 4.69) is 4.72 Å². The number of nitrogens with one attached hydrogen (secondary N) is 1. The van der Waals surface area contributed by atoms with Gasteiger partial charge in [0.25, 0.3) is 0 Å². The molecule has 1 rings (SSSR count). The van der Waals surface area contributed by atoms with Gasteiger partial charge in [0.05, 0.1) is 0 Å². The predicted molar refractivity (Wildman–Crippen MR) is 62.4 cm³/mol. The summed E-state index contributed by atoms with van der Waals surface area (Å²) in [5.41, 5.74) is 6.45. The van der Waals surface area contributed by atoms with Crippen LogP contribution >= 0.6 is 11.3 Å². The molecule has 86 valence electrons. The highest BCUT2D eigenvalue weighted by molar-refractivity contribution is 7.91. The Labute approximate surface area is 94.5 Å². The molecule has 1 aromatic rings. The van der Waals surface area contributed by atoms with Crippen molar-refractivity contribution in [3.05, 3.63) is 16.5 Å². The molecule has 0 amide bonds. The molecule has 0 spiro atoms. The summed E-state index contributed by atoms with van der Waals surface area (Å²) in [6.45, 7) is 4.65. The fourth-order valence-electron chi connectivity index (χ4n) is 1.13. The molecule has 0 unspecified atom stereocenters. The number of thiophene rings is 1. The highest BCUT2D eigenvalue weighted by atomic mass is 32.2. The maximum absolute atomic E-state index is 11.7. The first kappa shape index (κ1) is 12.6.